The molecule has 2 fully saturated rings. The van der Waals surface area contributed by atoms with Crippen molar-refractivity contribution in [2.45, 2.75) is 29.4 Å². The Morgan fingerprint density at radius 3 is 2.72 bits per heavy atom. The van der Waals surface area contributed by atoms with Gasteiger partial charge in [0.25, 0.3) is 10.0 Å². The van der Waals surface area contributed by atoms with Crippen molar-refractivity contribution >= 4 is 33.3 Å². The van der Waals surface area contributed by atoms with Gasteiger partial charge in [0, 0.05) is 49.1 Å². The van der Waals surface area contributed by atoms with Gasteiger partial charge in [-0.2, -0.15) is 9.29 Å². The molecule has 5 rings (SSSR count). The molecule has 0 atom stereocenters. The van der Waals surface area contributed by atoms with Crippen molar-refractivity contribution in [1.29, 1.82) is 0 Å². The Kier molecular flexibility index (Phi) is 5.70. The van der Waals surface area contributed by atoms with E-state index in [9.17, 15) is 13.2 Å². The highest BCUT2D eigenvalue weighted by atomic mass is 32.2. The van der Waals surface area contributed by atoms with Gasteiger partial charge in [-0.05, 0) is 37.1 Å². The number of piperazine rings is 1. The summed E-state index contributed by atoms with van der Waals surface area (Å²) in [6, 6.07) is 5.10. The molecule has 3 aromatic rings. The molecule has 0 aromatic carbocycles. The molecule has 1 aliphatic heterocycles. The second-order valence-corrected chi connectivity index (χ2v) is 10.9. The van der Waals surface area contributed by atoms with Gasteiger partial charge in [0.15, 0.2) is 0 Å². The molecule has 0 unspecified atom stereocenters. The Hall–Kier alpha value is -2.76. The first-order chi connectivity index (χ1) is 15.5. The minimum Gasteiger partial charge on any atom is -0.465 e. The van der Waals surface area contributed by atoms with Gasteiger partial charge >= 0.3 is 0 Å². The van der Waals surface area contributed by atoms with Crippen molar-refractivity contribution in [2.24, 2.45) is 0 Å². The molecule has 32 heavy (non-hydrogen) atoms. The Labute approximate surface area is 189 Å². The lowest BCUT2D eigenvalue weighted by atomic mass is 9.85. The lowest BCUT2D eigenvalue weighted by Crippen LogP contribution is -2.50. The fourth-order valence-corrected chi connectivity index (χ4v) is 6.40. The van der Waals surface area contributed by atoms with Crippen LogP contribution < -0.4 is 0 Å². The molecule has 4 heterocycles. The van der Waals surface area contributed by atoms with Crippen LogP contribution in [0.2, 0.25) is 0 Å². The largest absolute Gasteiger partial charge is 0.465 e. The van der Waals surface area contributed by atoms with Crippen LogP contribution in [-0.4, -0.2) is 59.8 Å². The minimum atomic E-state index is -3.65. The predicted octanol–water partition coefficient (Wildman–Crippen LogP) is 3.20. The van der Waals surface area contributed by atoms with E-state index in [0.29, 0.717) is 42.0 Å². The molecule has 9 nitrogen and oxygen atoms in total. The first kappa shape index (κ1) is 21.1. The number of carbonyl (C=O) groups excluding carboxylic acids is 1. The van der Waals surface area contributed by atoms with Crippen LogP contribution in [0.15, 0.2) is 49.1 Å². The van der Waals surface area contributed by atoms with Crippen molar-refractivity contribution in [3.05, 3.63) is 47.6 Å². The highest BCUT2D eigenvalue weighted by molar-refractivity contribution is 7.91. The van der Waals surface area contributed by atoms with Crippen LogP contribution in [0.4, 0.5) is 0 Å². The Bertz CT molecular complexity index is 1220. The van der Waals surface area contributed by atoms with Gasteiger partial charge in [0.1, 0.15) is 9.97 Å². The van der Waals surface area contributed by atoms with Crippen molar-refractivity contribution in [3.8, 4) is 11.4 Å². The summed E-state index contributed by atoms with van der Waals surface area (Å²) in [5, 5.41) is 5.75. The predicted molar refractivity (Wildman–Crippen MR) is 117 cm³/mol. The first-order valence-electron chi connectivity index (χ1n) is 10.4. The van der Waals surface area contributed by atoms with E-state index in [2.05, 4.69) is 10.1 Å². The summed E-state index contributed by atoms with van der Waals surface area (Å²) in [6.07, 6.45) is 7.86. The maximum atomic E-state index is 13.1. The number of hydrogen-bond acceptors (Lipinski definition) is 8. The van der Waals surface area contributed by atoms with Crippen LogP contribution in [0.1, 0.15) is 36.8 Å². The van der Waals surface area contributed by atoms with Crippen LogP contribution in [-0.2, 0) is 14.8 Å². The standard InChI is InChI=1S/C21H22N4O5S2/c26-18(7-6-17-5-2-12-29-17)24-8-10-25(11-9-24)32(27,28)19-13-16(14-31-19)20-22-21(30-23-20)15-3-1-4-15/h2,5-7,12-15H,1,3-4,8-11H2/b7-6+. The summed E-state index contributed by atoms with van der Waals surface area (Å²) in [4.78, 5) is 18.4. The van der Waals surface area contributed by atoms with E-state index in [-0.39, 0.29) is 23.2 Å². The SMILES string of the molecule is O=C(/C=C/c1ccco1)N1CCN(S(=O)(=O)c2cc(-c3noc(C4CCC4)n3)cs2)CC1. The summed E-state index contributed by atoms with van der Waals surface area (Å²) < 4.78 is 38.4. The number of amides is 1. The average molecular weight is 475 g/mol. The highest BCUT2D eigenvalue weighted by Gasteiger charge is 2.31. The second-order valence-electron chi connectivity index (χ2n) is 7.82. The number of aromatic nitrogens is 2. The molecule has 0 radical (unpaired) electrons. The zero-order valence-corrected chi connectivity index (χ0v) is 18.8. The minimum absolute atomic E-state index is 0.170. The molecule has 168 valence electrons. The second kappa shape index (κ2) is 8.64. The lowest BCUT2D eigenvalue weighted by Gasteiger charge is -2.33. The van der Waals surface area contributed by atoms with Crippen molar-refractivity contribution in [2.75, 3.05) is 26.2 Å². The molecular formula is C21H22N4O5S2. The maximum Gasteiger partial charge on any atom is 0.252 e. The fraction of sp³-hybridized carbons (Fsp3) is 0.381. The van der Waals surface area contributed by atoms with Gasteiger partial charge in [0.05, 0.1) is 6.26 Å². The summed E-state index contributed by atoms with van der Waals surface area (Å²) in [5.41, 5.74) is 0.639. The Morgan fingerprint density at radius 2 is 2.03 bits per heavy atom. The summed E-state index contributed by atoms with van der Waals surface area (Å²) in [7, 11) is -3.65. The molecule has 3 aromatic heterocycles. The number of sulfonamides is 1. The summed E-state index contributed by atoms with van der Waals surface area (Å²) in [6.45, 7) is 1.14. The molecule has 2 aliphatic rings. The Morgan fingerprint density at radius 1 is 1.22 bits per heavy atom. The molecule has 1 aliphatic carbocycles. The number of rotatable bonds is 6. The molecule has 0 N–H and O–H groups in total. The molecule has 1 amide bonds. The smallest absolute Gasteiger partial charge is 0.252 e. The molecular weight excluding hydrogens is 452 g/mol. The molecule has 1 saturated heterocycles. The monoisotopic (exact) mass is 474 g/mol. The molecule has 1 saturated carbocycles. The summed E-state index contributed by atoms with van der Waals surface area (Å²) in [5.74, 6) is 1.80. The normalized spacial score (nSPS) is 18.3. The number of nitrogens with zero attached hydrogens (tertiary/aromatic N) is 4. The fourth-order valence-electron chi connectivity index (χ4n) is 3.66. The number of thiophene rings is 1. The van der Waals surface area contributed by atoms with E-state index in [4.69, 9.17) is 8.94 Å². The van der Waals surface area contributed by atoms with E-state index in [1.165, 1.54) is 23.1 Å². The van der Waals surface area contributed by atoms with Gasteiger partial charge in [-0.3, -0.25) is 4.79 Å². The van der Waals surface area contributed by atoms with Crippen LogP contribution >= 0.6 is 11.3 Å². The summed E-state index contributed by atoms with van der Waals surface area (Å²) >= 11 is 1.14. The van der Waals surface area contributed by atoms with Crippen LogP contribution in [0.25, 0.3) is 17.5 Å². The number of hydrogen-bond donors (Lipinski definition) is 0. The zero-order valence-electron chi connectivity index (χ0n) is 17.2. The van der Waals surface area contributed by atoms with Gasteiger partial charge in [0.2, 0.25) is 17.6 Å². The zero-order chi connectivity index (χ0) is 22.1. The van der Waals surface area contributed by atoms with Gasteiger partial charge in [-0.15, -0.1) is 11.3 Å². The Balaban J connectivity index is 1.22. The molecule has 0 bridgehead atoms. The van der Waals surface area contributed by atoms with E-state index >= 15 is 0 Å². The lowest BCUT2D eigenvalue weighted by molar-refractivity contribution is -0.127. The third-order valence-electron chi connectivity index (χ3n) is 5.81. The van der Waals surface area contributed by atoms with Gasteiger partial charge in [-0.25, -0.2) is 8.42 Å². The number of furan rings is 1. The highest BCUT2D eigenvalue weighted by Crippen LogP contribution is 2.36. The topological polar surface area (TPSA) is 110 Å². The average Bonchev–Trinajstić information content (AvgIpc) is 3.52. The third-order valence-corrected chi connectivity index (χ3v) is 9.12. The third kappa shape index (κ3) is 4.15. The number of carbonyl (C=O) groups is 1. The van der Waals surface area contributed by atoms with E-state index in [1.807, 2.05) is 0 Å². The van der Waals surface area contributed by atoms with Crippen LogP contribution in [0.3, 0.4) is 0 Å². The van der Waals surface area contributed by atoms with Crippen LogP contribution in [0, 0.1) is 0 Å². The maximum absolute atomic E-state index is 13.1. The van der Waals surface area contributed by atoms with Gasteiger partial charge < -0.3 is 13.8 Å². The van der Waals surface area contributed by atoms with E-state index in [1.54, 1.807) is 34.6 Å². The van der Waals surface area contributed by atoms with Crippen molar-refractivity contribution < 1.29 is 22.2 Å². The van der Waals surface area contributed by atoms with E-state index < -0.39 is 10.0 Å². The van der Waals surface area contributed by atoms with Gasteiger partial charge in [-0.1, -0.05) is 11.6 Å². The van der Waals surface area contributed by atoms with E-state index in [0.717, 1.165) is 24.2 Å². The molecule has 0 spiro atoms. The quantitative estimate of drug-likeness (QED) is 0.505. The molecule has 11 heteroatoms. The van der Waals surface area contributed by atoms with Crippen molar-refractivity contribution in [3.63, 3.8) is 0 Å². The van der Waals surface area contributed by atoms with Crippen LogP contribution in [0.5, 0.6) is 0 Å². The van der Waals surface area contributed by atoms with Crippen molar-refractivity contribution in [1.82, 2.24) is 19.3 Å². The first-order valence-corrected chi connectivity index (χ1v) is 12.8.